The SMILES string of the molecule is CCc1ccc(C2CNCCN2C(=O)c2cnc(-c3ncccn3)s2)cc1. The van der Waals surface area contributed by atoms with Crippen LogP contribution in [-0.4, -0.2) is 45.4 Å². The molecule has 4 rings (SSSR count). The quantitative estimate of drug-likeness (QED) is 0.755. The third-order valence-electron chi connectivity index (χ3n) is 4.75. The van der Waals surface area contributed by atoms with Crippen LogP contribution in [-0.2, 0) is 6.42 Å². The maximum atomic E-state index is 13.2. The Balaban J connectivity index is 1.58. The van der Waals surface area contributed by atoms with Crippen LogP contribution >= 0.6 is 11.3 Å². The van der Waals surface area contributed by atoms with E-state index in [1.54, 1.807) is 24.7 Å². The van der Waals surface area contributed by atoms with Crippen molar-refractivity contribution in [1.82, 2.24) is 25.2 Å². The van der Waals surface area contributed by atoms with E-state index in [1.165, 1.54) is 16.9 Å². The lowest BCUT2D eigenvalue weighted by molar-refractivity contribution is 0.0639. The number of nitrogens with one attached hydrogen (secondary N) is 1. The molecule has 3 aromatic rings. The average Bonchev–Trinajstić information content (AvgIpc) is 3.24. The molecule has 0 spiro atoms. The van der Waals surface area contributed by atoms with Crippen LogP contribution in [0.25, 0.3) is 10.8 Å². The monoisotopic (exact) mass is 379 g/mol. The van der Waals surface area contributed by atoms with Crippen LogP contribution < -0.4 is 5.32 Å². The highest BCUT2D eigenvalue weighted by atomic mass is 32.1. The molecule has 1 N–H and O–H groups in total. The summed E-state index contributed by atoms with van der Waals surface area (Å²) in [7, 11) is 0. The van der Waals surface area contributed by atoms with Gasteiger partial charge in [0.1, 0.15) is 4.88 Å². The third kappa shape index (κ3) is 3.74. The number of rotatable bonds is 4. The van der Waals surface area contributed by atoms with E-state index in [1.807, 2.05) is 4.90 Å². The van der Waals surface area contributed by atoms with Gasteiger partial charge in [0.15, 0.2) is 10.8 Å². The summed E-state index contributed by atoms with van der Waals surface area (Å²) in [5, 5.41) is 4.07. The van der Waals surface area contributed by atoms with Gasteiger partial charge in [-0.15, -0.1) is 11.3 Å². The molecule has 0 radical (unpaired) electrons. The first-order valence-electron chi connectivity index (χ1n) is 9.10. The first-order valence-corrected chi connectivity index (χ1v) is 9.91. The van der Waals surface area contributed by atoms with Gasteiger partial charge in [0.25, 0.3) is 5.91 Å². The van der Waals surface area contributed by atoms with Crippen LogP contribution in [0.3, 0.4) is 0 Å². The molecule has 1 saturated heterocycles. The molecule has 0 aliphatic carbocycles. The Bertz CT molecular complexity index is 910. The van der Waals surface area contributed by atoms with Gasteiger partial charge < -0.3 is 10.2 Å². The van der Waals surface area contributed by atoms with Crippen molar-refractivity contribution < 1.29 is 4.79 Å². The van der Waals surface area contributed by atoms with Gasteiger partial charge >= 0.3 is 0 Å². The Morgan fingerprint density at radius 2 is 2.00 bits per heavy atom. The molecule has 27 heavy (non-hydrogen) atoms. The van der Waals surface area contributed by atoms with Gasteiger partial charge in [0.05, 0.1) is 12.2 Å². The molecule has 1 aliphatic rings. The van der Waals surface area contributed by atoms with Gasteiger partial charge in [0, 0.05) is 32.0 Å². The molecular weight excluding hydrogens is 358 g/mol. The summed E-state index contributed by atoms with van der Waals surface area (Å²) in [5.74, 6) is 0.564. The topological polar surface area (TPSA) is 71.0 Å². The van der Waals surface area contributed by atoms with E-state index in [2.05, 4.69) is 51.5 Å². The molecule has 138 valence electrons. The van der Waals surface area contributed by atoms with E-state index in [9.17, 15) is 4.79 Å². The van der Waals surface area contributed by atoms with Crippen LogP contribution in [0.5, 0.6) is 0 Å². The summed E-state index contributed by atoms with van der Waals surface area (Å²) in [6.07, 6.45) is 6.00. The van der Waals surface area contributed by atoms with Crippen LogP contribution in [0.1, 0.15) is 33.8 Å². The van der Waals surface area contributed by atoms with E-state index >= 15 is 0 Å². The van der Waals surface area contributed by atoms with Gasteiger partial charge in [-0.3, -0.25) is 4.79 Å². The molecule has 6 nitrogen and oxygen atoms in total. The van der Waals surface area contributed by atoms with Crippen molar-refractivity contribution in [3.8, 4) is 10.8 Å². The largest absolute Gasteiger partial charge is 0.328 e. The third-order valence-corrected chi connectivity index (χ3v) is 5.73. The van der Waals surface area contributed by atoms with E-state index in [0.29, 0.717) is 22.3 Å². The van der Waals surface area contributed by atoms with Crippen LogP contribution in [0.4, 0.5) is 0 Å². The molecular formula is C20H21N5OS. The standard InChI is InChI=1S/C20H21N5OS/c1-2-14-4-6-15(7-5-14)16-12-21-10-11-25(16)20(26)17-13-24-19(27-17)18-22-8-3-9-23-18/h3-9,13,16,21H,2,10-12H2,1H3. The number of carbonyl (C=O) groups is 1. The summed E-state index contributed by atoms with van der Waals surface area (Å²) < 4.78 is 0. The van der Waals surface area contributed by atoms with Crippen molar-refractivity contribution in [2.75, 3.05) is 19.6 Å². The Kier molecular flexibility index (Phi) is 5.22. The van der Waals surface area contributed by atoms with E-state index in [4.69, 9.17) is 0 Å². The fraction of sp³-hybridized carbons (Fsp3) is 0.300. The first kappa shape index (κ1) is 17.8. The van der Waals surface area contributed by atoms with Crippen molar-refractivity contribution in [3.05, 3.63) is 64.9 Å². The zero-order chi connectivity index (χ0) is 18.6. The normalized spacial score (nSPS) is 17.1. The van der Waals surface area contributed by atoms with Crippen molar-refractivity contribution >= 4 is 17.2 Å². The Morgan fingerprint density at radius 1 is 1.22 bits per heavy atom. The van der Waals surface area contributed by atoms with Crippen LogP contribution in [0.2, 0.25) is 0 Å². The highest BCUT2D eigenvalue weighted by molar-refractivity contribution is 7.16. The first-order chi connectivity index (χ1) is 13.3. The highest BCUT2D eigenvalue weighted by Crippen LogP contribution is 2.28. The maximum Gasteiger partial charge on any atom is 0.266 e. The molecule has 1 fully saturated rings. The minimum Gasteiger partial charge on any atom is -0.328 e. The molecule has 1 atom stereocenters. The zero-order valence-electron chi connectivity index (χ0n) is 15.1. The summed E-state index contributed by atoms with van der Waals surface area (Å²) >= 11 is 1.34. The molecule has 0 bridgehead atoms. The molecule has 2 aromatic heterocycles. The number of thiazole rings is 1. The molecule has 1 aliphatic heterocycles. The lowest BCUT2D eigenvalue weighted by atomic mass is 10.0. The van der Waals surface area contributed by atoms with Gasteiger partial charge in [-0.25, -0.2) is 15.0 Å². The number of amides is 1. The molecule has 7 heteroatoms. The summed E-state index contributed by atoms with van der Waals surface area (Å²) in [6, 6.07) is 10.3. The predicted octanol–water partition coefficient (Wildman–Crippen LogP) is 2.95. The van der Waals surface area contributed by atoms with Gasteiger partial charge in [-0.1, -0.05) is 31.2 Å². The van der Waals surface area contributed by atoms with Crippen molar-refractivity contribution in [3.63, 3.8) is 0 Å². The number of nitrogens with zero attached hydrogens (tertiary/aromatic N) is 4. The fourth-order valence-corrected chi connectivity index (χ4v) is 4.07. The molecule has 0 saturated carbocycles. The number of benzene rings is 1. The zero-order valence-corrected chi connectivity index (χ0v) is 15.9. The van der Waals surface area contributed by atoms with Crippen LogP contribution in [0.15, 0.2) is 48.9 Å². The van der Waals surface area contributed by atoms with E-state index in [0.717, 1.165) is 25.1 Å². The van der Waals surface area contributed by atoms with Gasteiger partial charge in [-0.2, -0.15) is 0 Å². The fourth-order valence-electron chi connectivity index (χ4n) is 3.25. The second-order valence-corrected chi connectivity index (χ2v) is 7.45. The molecule has 3 heterocycles. The Morgan fingerprint density at radius 3 is 2.74 bits per heavy atom. The molecule has 1 amide bonds. The minimum absolute atomic E-state index is 0.0146. The van der Waals surface area contributed by atoms with Crippen molar-refractivity contribution in [2.45, 2.75) is 19.4 Å². The molecule has 1 aromatic carbocycles. The predicted molar refractivity (Wildman–Crippen MR) is 106 cm³/mol. The Hall–Kier alpha value is -2.64. The highest BCUT2D eigenvalue weighted by Gasteiger charge is 2.29. The lowest BCUT2D eigenvalue weighted by Gasteiger charge is -2.36. The second kappa shape index (κ2) is 7.94. The lowest BCUT2D eigenvalue weighted by Crippen LogP contribution is -2.48. The number of hydrogen-bond acceptors (Lipinski definition) is 6. The molecule has 1 unspecified atom stereocenters. The number of carbonyl (C=O) groups excluding carboxylic acids is 1. The van der Waals surface area contributed by atoms with Crippen LogP contribution in [0, 0.1) is 0 Å². The summed E-state index contributed by atoms with van der Waals surface area (Å²) in [4.78, 5) is 28.5. The number of piperazine rings is 1. The van der Waals surface area contributed by atoms with Gasteiger partial charge in [0.2, 0.25) is 0 Å². The van der Waals surface area contributed by atoms with Crippen molar-refractivity contribution in [1.29, 1.82) is 0 Å². The minimum atomic E-state index is 0.0146. The second-order valence-electron chi connectivity index (χ2n) is 6.42. The number of hydrogen-bond donors (Lipinski definition) is 1. The van der Waals surface area contributed by atoms with Crippen molar-refractivity contribution in [2.24, 2.45) is 0 Å². The summed E-state index contributed by atoms with van der Waals surface area (Å²) in [5.41, 5.74) is 2.46. The van der Waals surface area contributed by atoms with E-state index in [-0.39, 0.29) is 11.9 Å². The van der Waals surface area contributed by atoms with Gasteiger partial charge in [-0.05, 0) is 23.6 Å². The smallest absolute Gasteiger partial charge is 0.266 e. The average molecular weight is 379 g/mol. The number of aromatic nitrogens is 3. The summed E-state index contributed by atoms with van der Waals surface area (Å²) in [6.45, 7) is 4.37. The number of aryl methyl sites for hydroxylation is 1. The Labute approximate surface area is 162 Å². The van der Waals surface area contributed by atoms with E-state index < -0.39 is 0 Å². The maximum absolute atomic E-state index is 13.2.